The van der Waals surface area contributed by atoms with Gasteiger partial charge in [-0.25, -0.2) is 4.98 Å². The fourth-order valence-corrected chi connectivity index (χ4v) is 0.960. The van der Waals surface area contributed by atoms with Crippen LogP contribution < -0.4 is 5.73 Å². The van der Waals surface area contributed by atoms with Crippen molar-refractivity contribution in [1.82, 2.24) is 9.55 Å². The van der Waals surface area contributed by atoms with Gasteiger partial charge in [0, 0.05) is 19.3 Å². The molecule has 1 aromatic rings. The highest BCUT2D eigenvalue weighted by molar-refractivity contribution is 4.96. The van der Waals surface area contributed by atoms with Crippen molar-refractivity contribution in [2.24, 2.45) is 5.73 Å². The molecule has 0 aliphatic carbocycles. The number of hydrogen-bond donors (Lipinski definition) is 1. The molecule has 0 aliphatic heterocycles. The molecule has 0 amide bonds. The predicted octanol–water partition coefficient (Wildman–Crippen LogP) is 0.752. The summed E-state index contributed by atoms with van der Waals surface area (Å²) < 4.78 is 2.08. The number of nitrogens with zero attached hydrogens (tertiary/aromatic N) is 2. The lowest BCUT2D eigenvalue weighted by atomic mass is 10.4. The third kappa shape index (κ3) is 1.36. The van der Waals surface area contributed by atoms with Crippen LogP contribution in [0.5, 0.6) is 0 Å². The van der Waals surface area contributed by atoms with Gasteiger partial charge < -0.3 is 10.3 Å². The van der Waals surface area contributed by atoms with Gasteiger partial charge in [-0.15, -0.1) is 0 Å². The van der Waals surface area contributed by atoms with Crippen molar-refractivity contribution >= 4 is 0 Å². The third-order valence-corrected chi connectivity index (χ3v) is 1.47. The Bertz CT molecular complexity index is 192. The molecule has 1 aromatic heterocycles. The van der Waals surface area contributed by atoms with Crippen LogP contribution in [0.15, 0.2) is 12.5 Å². The monoisotopic (exact) mass is 139 g/mol. The quantitative estimate of drug-likeness (QED) is 0.671. The van der Waals surface area contributed by atoms with Gasteiger partial charge in [-0.2, -0.15) is 0 Å². The summed E-state index contributed by atoms with van der Waals surface area (Å²) >= 11 is 0. The molecule has 0 aliphatic rings. The zero-order chi connectivity index (χ0) is 7.40. The van der Waals surface area contributed by atoms with E-state index in [1.54, 1.807) is 0 Å². The summed E-state index contributed by atoms with van der Waals surface area (Å²) in [6.07, 6.45) is 4.77. The van der Waals surface area contributed by atoms with Gasteiger partial charge in [-0.3, -0.25) is 0 Å². The SMILES string of the molecule is CCCn1cncc1CN. The minimum atomic E-state index is 0.583. The summed E-state index contributed by atoms with van der Waals surface area (Å²) in [5, 5.41) is 0. The fraction of sp³-hybridized carbons (Fsp3) is 0.571. The number of nitrogens with two attached hydrogens (primary N) is 1. The largest absolute Gasteiger partial charge is 0.333 e. The Kier molecular flexibility index (Phi) is 2.45. The van der Waals surface area contributed by atoms with Crippen molar-refractivity contribution in [3.8, 4) is 0 Å². The van der Waals surface area contributed by atoms with Gasteiger partial charge >= 0.3 is 0 Å². The Balaban J connectivity index is 2.70. The van der Waals surface area contributed by atoms with Crippen LogP contribution in [0.25, 0.3) is 0 Å². The van der Waals surface area contributed by atoms with E-state index in [0.717, 1.165) is 18.7 Å². The van der Waals surface area contributed by atoms with Crippen molar-refractivity contribution in [3.05, 3.63) is 18.2 Å². The molecule has 56 valence electrons. The Morgan fingerprint density at radius 3 is 3.10 bits per heavy atom. The van der Waals surface area contributed by atoms with Crippen LogP contribution in [-0.2, 0) is 13.1 Å². The van der Waals surface area contributed by atoms with Crippen LogP contribution >= 0.6 is 0 Å². The van der Waals surface area contributed by atoms with E-state index in [1.165, 1.54) is 0 Å². The van der Waals surface area contributed by atoms with E-state index in [2.05, 4.69) is 16.5 Å². The van der Waals surface area contributed by atoms with E-state index in [1.807, 2.05) is 12.5 Å². The summed E-state index contributed by atoms with van der Waals surface area (Å²) in [7, 11) is 0. The fourth-order valence-electron chi connectivity index (χ4n) is 0.960. The van der Waals surface area contributed by atoms with E-state index < -0.39 is 0 Å². The van der Waals surface area contributed by atoms with Crippen molar-refractivity contribution in [2.45, 2.75) is 26.4 Å². The van der Waals surface area contributed by atoms with Crippen molar-refractivity contribution in [1.29, 1.82) is 0 Å². The number of hydrogen-bond acceptors (Lipinski definition) is 2. The molecule has 0 spiro atoms. The van der Waals surface area contributed by atoms with Crippen LogP contribution in [0, 0.1) is 0 Å². The highest BCUT2D eigenvalue weighted by Crippen LogP contribution is 1.98. The first-order valence-corrected chi connectivity index (χ1v) is 3.57. The number of aromatic nitrogens is 2. The molecule has 3 nitrogen and oxygen atoms in total. The standard InChI is InChI=1S/C7H13N3/c1-2-3-10-6-9-5-7(10)4-8/h5-6H,2-4,8H2,1H3. The van der Waals surface area contributed by atoms with Crippen molar-refractivity contribution < 1.29 is 0 Å². The summed E-state index contributed by atoms with van der Waals surface area (Å²) in [6, 6.07) is 0. The summed E-state index contributed by atoms with van der Waals surface area (Å²) in [6.45, 7) is 3.74. The summed E-state index contributed by atoms with van der Waals surface area (Å²) in [5.74, 6) is 0. The molecular weight excluding hydrogens is 126 g/mol. The lowest BCUT2D eigenvalue weighted by Crippen LogP contribution is -2.05. The zero-order valence-electron chi connectivity index (χ0n) is 6.25. The maximum Gasteiger partial charge on any atom is 0.0948 e. The molecule has 0 fully saturated rings. The molecule has 3 heteroatoms. The van der Waals surface area contributed by atoms with Gasteiger partial charge in [0.15, 0.2) is 0 Å². The molecule has 0 atom stereocenters. The van der Waals surface area contributed by atoms with Gasteiger partial charge in [-0.1, -0.05) is 6.92 Å². The van der Waals surface area contributed by atoms with Crippen LogP contribution in [0.1, 0.15) is 19.0 Å². The smallest absolute Gasteiger partial charge is 0.0948 e. The molecule has 1 rings (SSSR count). The molecule has 10 heavy (non-hydrogen) atoms. The lowest BCUT2D eigenvalue weighted by Gasteiger charge is -2.02. The van der Waals surface area contributed by atoms with Crippen molar-refractivity contribution in [2.75, 3.05) is 0 Å². The maximum absolute atomic E-state index is 5.46. The molecule has 0 unspecified atom stereocenters. The molecule has 2 N–H and O–H groups in total. The van der Waals surface area contributed by atoms with Crippen LogP contribution in [-0.4, -0.2) is 9.55 Å². The van der Waals surface area contributed by atoms with E-state index in [0.29, 0.717) is 6.54 Å². The molecule has 0 aromatic carbocycles. The predicted molar refractivity (Wildman–Crippen MR) is 40.4 cm³/mol. The Morgan fingerprint density at radius 2 is 2.50 bits per heavy atom. The Morgan fingerprint density at radius 1 is 1.70 bits per heavy atom. The maximum atomic E-state index is 5.46. The topological polar surface area (TPSA) is 43.8 Å². The number of rotatable bonds is 3. The van der Waals surface area contributed by atoms with Crippen LogP contribution in [0.4, 0.5) is 0 Å². The molecular formula is C7H13N3. The minimum absolute atomic E-state index is 0.583. The molecule has 0 radical (unpaired) electrons. The Hall–Kier alpha value is -0.830. The van der Waals surface area contributed by atoms with Gasteiger partial charge in [0.1, 0.15) is 0 Å². The average Bonchev–Trinajstić information content (AvgIpc) is 2.36. The molecule has 0 bridgehead atoms. The molecule has 0 saturated heterocycles. The van der Waals surface area contributed by atoms with E-state index in [4.69, 9.17) is 5.73 Å². The second kappa shape index (κ2) is 3.37. The van der Waals surface area contributed by atoms with Gasteiger partial charge in [0.2, 0.25) is 0 Å². The van der Waals surface area contributed by atoms with Gasteiger partial charge in [-0.05, 0) is 6.42 Å². The van der Waals surface area contributed by atoms with Gasteiger partial charge in [0.25, 0.3) is 0 Å². The third-order valence-electron chi connectivity index (χ3n) is 1.47. The second-order valence-electron chi connectivity index (χ2n) is 2.28. The first kappa shape index (κ1) is 7.28. The van der Waals surface area contributed by atoms with E-state index in [9.17, 15) is 0 Å². The highest BCUT2D eigenvalue weighted by atomic mass is 15.0. The van der Waals surface area contributed by atoms with E-state index in [-0.39, 0.29) is 0 Å². The normalized spacial score (nSPS) is 10.2. The summed E-state index contributed by atoms with van der Waals surface area (Å²) in [4.78, 5) is 3.99. The van der Waals surface area contributed by atoms with Gasteiger partial charge in [0.05, 0.1) is 12.0 Å². The van der Waals surface area contributed by atoms with E-state index >= 15 is 0 Å². The highest BCUT2D eigenvalue weighted by Gasteiger charge is 1.95. The average molecular weight is 139 g/mol. The van der Waals surface area contributed by atoms with Crippen LogP contribution in [0.2, 0.25) is 0 Å². The summed E-state index contributed by atoms with van der Waals surface area (Å²) in [5.41, 5.74) is 6.58. The molecule has 1 heterocycles. The first-order valence-electron chi connectivity index (χ1n) is 3.57. The van der Waals surface area contributed by atoms with Crippen LogP contribution in [0.3, 0.4) is 0 Å². The number of aryl methyl sites for hydroxylation is 1. The zero-order valence-corrected chi connectivity index (χ0v) is 6.25. The first-order chi connectivity index (χ1) is 4.88. The lowest BCUT2D eigenvalue weighted by molar-refractivity contribution is 0.646. The minimum Gasteiger partial charge on any atom is -0.333 e. The number of imidazole rings is 1. The Labute approximate surface area is 60.9 Å². The van der Waals surface area contributed by atoms with Crippen molar-refractivity contribution in [3.63, 3.8) is 0 Å². The second-order valence-corrected chi connectivity index (χ2v) is 2.28. The molecule has 0 saturated carbocycles.